The maximum Gasteiger partial charge on any atom is 0.227 e. The molecular weight excluding hydrogens is 675 g/mol. The van der Waals surface area contributed by atoms with Crippen LogP contribution in [-0.4, -0.2) is 9.97 Å². The van der Waals surface area contributed by atoms with Crippen molar-refractivity contribution in [3.8, 4) is 34.0 Å². The van der Waals surface area contributed by atoms with E-state index in [2.05, 4.69) is 120 Å². The molecule has 0 spiro atoms. The van der Waals surface area contributed by atoms with Crippen LogP contribution in [0.1, 0.15) is 0 Å². The first-order valence-corrected chi connectivity index (χ1v) is 18.4. The average molecular weight is 706 g/mol. The van der Waals surface area contributed by atoms with Gasteiger partial charge >= 0.3 is 0 Å². The Labute approximate surface area is 316 Å². The van der Waals surface area contributed by atoms with Crippen LogP contribution in [0, 0.1) is 0 Å². The van der Waals surface area contributed by atoms with Gasteiger partial charge in [-0.1, -0.05) is 103 Å². The Morgan fingerprint density at radius 2 is 0.782 bits per heavy atom. The number of nitrogens with zero attached hydrogens (tertiary/aromatic N) is 3. The molecule has 0 aliphatic heterocycles. The van der Waals surface area contributed by atoms with E-state index in [0.29, 0.717) is 11.8 Å². The van der Waals surface area contributed by atoms with Gasteiger partial charge in [-0.2, -0.15) is 0 Å². The lowest BCUT2D eigenvalue weighted by Gasteiger charge is -2.26. The summed E-state index contributed by atoms with van der Waals surface area (Å²) < 4.78 is 12.4. The summed E-state index contributed by atoms with van der Waals surface area (Å²) in [6.45, 7) is 0. The van der Waals surface area contributed by atoms with Crippen molar-refractivity contribution in [3.63, 3.8) is 0 Å². The standard InChI is InChI=1S/C50H31N3O2/c1-3-10-33(11-4-1)49-51-45-30-41(21-25-47(45)54-49)53(42-22-26-48-46(31-42)52-50(55-48)34-12-5-2-6-13-34)40-20-24-44-39(29-40)18-17-38-28-37(19-23-43(38)44)36-16-15-32-9-7-8-14-35(32)27-36/h1-31H. The van der Waals surface area contributed by atoms with Crippen molar-refractivity contribution in [1.82, 2.24) is 9.97 Å². The lowest BCUT2D eigenvalue weighted by atomic mass is 9.96. The molecule has 55 heavy (non-hydrogen) atoms. The molecule has 5 heteroatoms. The topological polar surface area (TPSA) is 55.3 Å². The second kappa shape index (κ2) is 12.6. The van der Waals surface area contributed by atoms with Crippen molar-refractivity contribution in [3.05, 3.63) is 188 Å². The predicted molar refractivity (Wildman–Crippen MR) is 225 cm³/mol. The minimum Gasteiger partial charge on any atom is -0.436 e. The zero-order valence-electron chi connectivity index (χ0n) is 29.6. The van der Waals surface area contributed by atoms with E-state index >= 15 is 0 Å². The lowest BCUT2D eigenvalue weighted by Crippen LogP contribution is -2.10. The molecule has 9 aromatic carbocycles. The third kappa shape index (κ3) is 5.49. The zero-order valence-corrected chi connectivity index (χ0v) is 29.6. The molecule has 0 bridgehead atoms. The van der Waals surface area contributed by atoms with Crippen molar-refractivity contribution in [2.45, 2.75) is 0 Å². The van der Waals surface area contributed by atoms with Gasteiger partial charge in [-0.25, -0.2) is 9.97 Å². The molecule has 2 aromatic heterocycles. The first-order chi connectivity index (χ1) is 27.2. The molecule has 0 unspecified atom stereocenters. The summed E-state index contributed by atoms with van der Waals surface area (Å²) in [6, 6.07) is 65.5. The Hall–Kier alpha value is -7.50. The second-order valence-electron chi connectivity index (χ2n) is 13.9. The Balaban J connectivity index is 1.03. The monoisotopic (exact) mass is 705 g/mol. The summed E-state index contributed by atoms with van der Waals surface area (Å²) in [7, 11) is 0. The fourth-order valence-corrected chi connectivity index (χ4v) is 7.71. The smallest absolute Gasteiger partial charge is 0.227 e. The fraction of sp³-hybridized carbons (Fsp3) is 0. The third-order valence-corrected chi connectivity index (χ3v) is 10.5. The molecule has 0 atom stereocenters. The second-order valence-corrected chi connectivity index (χ2v) is 13.9. The summed E-state index contributed by atoms with van der Waals surface area (Å²) in [5, 5.41) is 7.27. The van der Waals surface area contributed by atoms with Crippen molar-refractivity contribution >= 4 is 71.6 Å². The summed E-state index contributed by atoms with van der Waals surface area (Å²) in [5.74, 6) is 1.19. The molecule has 5 nitrogen and oxygen atoms in total. The number of hydrogen-bond acceptors (Lipinski definition) is 5. The van der Waals surface area contributed by atoms with E-state index in [1.165, 1.54) is 38.1 Å². The molecule has 258 valence electrons. The maximum absolute atomic E-state index is 6.20. The van der Waals surface area contributed by atoms with Crippen LogP contribution in [0.2, 0.25) is 0 Å². The van der Waals surface area contributed by atoms with Gasteiger partial charge < -0.3 is 13.7 Å². The Bertz CT molecular complexity index is 3100. The molecule has 0 saturated carbocycles. The molecule has 0 saturated heterocycles. The fourth-order valence-electron chi connectivity index (χ4n) is 7.71. The molecule has 11 aromatic rings. The van der Waals surface area contributed by atoms with Crippen molar-refractivity contribution < 1.29 is 8.83 Å². The highest BCUT2D eigenvalue weighted by molar-refractivity contribution is 6.10. The van der Waals surface area contributed by atoms with Gasteiger partial charge in [0, 0.05) is 28.2 Å². The number of fused-ring (bicyclic) bond motifs is 6. The van der Waals surface area contributed by atoms with E-state index in [4.69, 9.17) is 18.8 Å². The van der Waals surface area contributed by atoms with Crippen LogP contribution in [0.5, 0.6) is 0 Å². The number of hydrogen-bond donors (Lipinski definition) is 0. The molecule has 0 amide bonds. The minimum absolute atomic E-state index is 0.595. The van der Waals surface area contributed by atoms with E-state index in [-0.39, 0.29) is 0 Å². The van der Waals surface area contributed by atoms with Crippen LogP contribution < -0.4 is 4.90 Å². The summed E-state index contributed by atoms with van der Waals surface area (Å²) in [4.78, 5) is 12.1. The van der Waals surface area contributed by atoms with Crippen molar-refractivity contribution in [2.24, 2.45) is 0 Å². The molecule has 0 N–H and O–H groups in total. The Kier molecular flexibility index (Phi) is 7.10. The number of benzene rings is 9. The highest BCUT2D eigenvalue weighted by Gasteiger charge is 2.19. The van der Waals surface area contributed by atoms with E-state index in [1.54, 1.807) is 0 Å². The van der Waals surface area contributed by atoms with Crippen molar-refractivity contribution in [1.29, 1.82) is 0 Å². The van der Waals surface area contributed by atoms with Gasteiger partial charge in [-0.05, 0) is 128 Å². The summed E-state index contributed by atoms with van der Waals surface area (Å²) in [5.41, 5.74) is 10.2. The number of oxazole rings is 2. The molecular formula is C50H31N3O2. The number of rotatable bonds is 6. The Morgan fingerprint density at radius 1 is 0.327 bits per heavy atom. The van der Waals surface area contributed by atoms with Gasteiger partial charge in [-0.3, -0.25) is 0 Å². The molecule has 0 radical (unpaired) electrons. The van der Waals surface area contributed by atoms with Gasteiger partial charge in [0.05, 0.1) is 0 Å². The Morgan fingerprint density at radius 3 is 1.40 bits per heavy atom. The van der Waals surface area contributed by atoms with Crippen LogP contribution in [0.3, 0.4) is 0 Å². The first kappa shape index (κ1) is 31.1. The number of anilines is 3. The van der Waals surface area contributed by atoms with Gasteiger partial charge in [0.15, 0.2) is 11.2 Å². The molecule has 0 aliphatic rings. The lowest BCUT2D eigenvalue weighted by molar-refractivity contribution is 0.619. The van der Waals surface area contributed by atoms with Crippen LogP contribution in [0.4, 0.5) is 17.1 Å². The first-order valence-electron chi connectivity index (χ1n) is 18.4. The summed E-state index contributed by atoms with van der Waals surface area (Å²) in [6.07, 6.45) is 0. The average Bonchev–Trinajstić information content (AvgIpc) is 3.88. The van der Waals surface area contributed by atoms with Gasteiger partial charge in [0.1, 0.15) is 11.0 Å². The number of aromatic nitrogens is 2. The quantitative estimate of drug-likeness (QED) is 0.161. The predicted octanol–water partition coefficient (Wildman–Crippen LogP) is 13.9. The van der Waals surface area contributed by atoms with Gasteiger partial charge in [0.25, 0.3) is 0 Å². The van der Waals surface area contributed by atoms with E-state index in [1.807, 2.05) is 72.8 Å². The van der Waals surface area contributed by atoms with E-state index in [9.17, 15) is 0 Å². The minimum atomic E-state index is 0.595. The summed E-state index contributed by atoms with van der Waals surface area (Å²) >= 11 is 0. The van der Waals surface area contributed by atoms with E-state index < -0.39 is 0 Å². The largest absolute Gasteiger partial charge is 0.436 e. The van der Waals surface area contributed by atoms with Crippen LogP contribution in [-0.2, 0) is 0 Å². The van der Waals surface area contributed by atoms with Crippen LogP contribution >= 0.6 is 0 Å². The molecule has 2 heterocycles. The highest BCUT2D eigenvalue weighted by atomic mass is 16.4. The SMILES string of the molecule is c1ccc(-c2nc3cc(N(c4ccc5c(ccc6cc(-c7ccc8ccccc8c7)ccc65)c4)c4ccc5oc(-c6ccccc6)nc5c4)ccc3o2)cc1. The van der Waals surface area contributed by atoms with Crippen LogP contribution in [0.25, 0.3) is 88.6 Å². The van der Waals surface area contributed by atoms with Gasteiger partial charge in [0.2, 0.25) is 11.8 Å². The third-order valence-electron chi connectivity index (χ3n) is 10.5. The van der Waals surface area contributed by atoms with Crippen LogP contribution in [0.15, 0.2) is 197 Å². The normalized spacial score (nSPS) is 11.6. The highest BCUT2D eigenvalue weighted by Crippen LogP contribution is 2.41. The maximum atomic E-state index is 6.20. The molecule has 0 fully saturated rings. The molecule has 0 aliphatic carbocycles. The van der Waals surface area contributed by atoms with Crippen molar-refractivity contribution in [2.75, 3.05) is 4.90 Å². The van der Waals surface area contributed by atoms with E-state index in [0.717, 1.165) is 55.8 Å². The zero-order chi connectivity index (χ0) is 36.3. The van der Waals surface area contributed by atoms with Gasteiger partial charge in [-0.15, -0.1) is 0 Å². The molecule has 11 rings (SSSR count).